The number of rotatable bonds is 6. The lowest BCUT2D eigenvalue weighted by molar-refractivity contribution is -0.131. The topological polar surface area (TPSA) is 32.3 Å². The Bertz CT molecular complexity index is 399. The van der Waals surface area contributed by atoms with Crippen LogP contribution in [0.15, 0.2) is 17.5 Å². The summed E-state index contributed by atoms with van der Waals surface area (Å²) in [5.41, 5.74) is 0. The highest BCUT2D eigenvalue weighted by atomic mass is 32.1. The number of nitrogens with zero attached hydrogens (tertiary/aromatic N) is 1. The van der Waals surface area contributed by atoms with E-state index in [4.69, 9.17) is 0 Å². The molecule has 0 spiro atoms. The zero-order chi connectivity index (χ0) is 14.4. The second kappa shape index (κ2) is 7.79. The molecule has 0 radical (unpaired) electrons. The van der Waals surface area contributed by atoms with Gasteiger partial charge in [-0.2, -0.15) is 0 Å². The Kier molecular flexibility index (Phi) is 6.05. The van der Waals surface area contributed by atoms with E-state index in [0.717, 1.165) is 26.1 Å². The number of amides is 1. The second-order valence-electron chi connectivity index (χ2n) is 5.93. The third kappa shape index (κ3) is 4.60. The molecule has 1 amide bonds. The number of piperidine rings is 1. The number of hydrogen-bond donors (Lipinski definition) is 1. The highest BCUT2D eigenvalue weighted by Crippen LogP contribution is 2.23. The molecule has 3 nitrogen and oxygen atoms in total. The molecule has 1 saturated heterocycles. The van der Waals surface area contributed by atoms with E-state index >= 15 is 0 Å². The molecule has 1 fully saturated rings. The molecule has 2 rings (SSSR count). The smallest absolute Gasteiger partial charge is 0.222 e. The minimum Gasteiger partial charge on any atom is -0.345 e. The van der Waals surface area contributed by atoms with Gasteiger partial charge in [0.15, 0.2) is 0 Å². The van der Waals surface area contributed by atoms with Crippen molar-refractivity contribution in [2.24, 2.45) is 11.8 Å². The number of hydrogen-bond acceptors (Lipinski definition) is 3. The van der Waals surface area contributed by atoms with E-state index in [9.17, 15) is 4.79 Å². The molecule has 0 aliphatic carbocycles. The van der Waals surface area contributed by atoms with Crippen LogP contribution in [-0.4, -0.2) is 37.5 Å². The Hall–Kier alpha value is -0.870. The first-order valence-corrected chi connectivity index (χ1v) is 8.52. The van der Waals surface area contributed by atoms with E-state index in [1.54, 1.807) is 11.3 Å². The fourth-order valence-electron chi connectivity index (χ4n) is 2.82. The summed E-state index contributed by atoms with van der Waals surface area (Å²) in [6.07, 6.45) is 4.17. The number of likely N-dealkylation sites (N-methyl/N-ethyl adjacent to an activating group) is 1. The van der Waals surface area contributed by atoms with Gasteiger partial charge in [-0.15, -0.1) is 11.3 Å². The van der Waals surface area contributed by atoms with Crippen LogP contribution in [0.4, 0.5) is 0 Å². The summed E-state index contributed by atoms with van der Waals surface area (Å²) in [4.78, 5) is 15.5. The Labute approximate surface area is 126 Å². The van der Waals surface area contributed by atoms with Crippen molar-refractivity contribution in [3.05, 3.63) is 22.4 Å². The van der Waals surface area contributed by atoms with Crippen molar-refractivity contribution in [3.63, 3.8) is 0 Å². The summed E-state index contributed by atoms with van der Waals surface area (Å²) in [6.45, 7) is 5.27. The van der Waals surface area contributed by atoms with Gasteiger partial charge in [-0.1, -0.05) is 13.0 Å². The molecular weight excluding hydrogens is 268 g/mol. The fourth-order valence-corrected chi connectivity index (χ4v) is 3.52. The molecule has 0 bridgehead atoms. The average molecular weight is 294 g/mol. The van der Waals surface area contributed by atoms with Gasteiger partial charge in [-0.25, -0.2) is 0 Å². The minimum absolute atomic E-state index is 0.291. The third-order valence-corrected chi connectivity index (χ3v) is 5.27. The van der Waals surface area contributed by atoms with Crippen molar-refractivity contribution in [3.8, 4) is 0 Å². The molecule has 2 atom stereocenters. The number of thiophene rings is 1. The van der Waals surface area contributed by atoms with Gasteiger partial charge >= 0.3 is 0 Å². The lowest BCUT2D eigenvalue weighted by atomic mass is 9.85. The SMILES string of the molecule is CC(CC(=O)N(C)CCc1cccs1)C1CCCNC1. The van der Waals surface area contributed by atoms with Gasteiger partial charge in [0.1, 0.15) is 0 Å². The van der Waals surface area contributed by atoms with Gasteiger partial charge in [0, 0.05) is 24.9 Å². The van der Waals surface area contributed by atoms with Crippen molar-refractivity contribution in [1.29, 1.82) is 0 Å². The molecule has 1 aromatic heterocycles. The van der Waals surface area contributed by atoms with Crippen LogP contribution in [0.5, 0.6) is 0 Å². The van der Waals surface area contributed by atoms with Gasteiger partial charge < -0.3 is 10.2 Å². The molecule has 1 aliphatic rings. The summed E-state index contributed by atoms with van der Waals surface area (Å²) in [5, 5.41) is 5.53. The monoisotopic (exact) mass is 294 g/mol. The van der Waals surface area contributed by atoms with Gasteiger partial charge in [0.05, 0.1) is 0 Å². The Balaban J connectivity index is 1.72. The minimum atomic E-state index is 0.291. The van der Waals surface area contributed by atoms with Gasteiger partial charge in [-0.05, 0) is 55.6 Å². The van der Waals surface area contributed by atoms with Crippen molar-refractivity contribution in [2.75, 3.05) is 26.7 Å². The molecule has 20 heavy (non-hydrogen) atoms. The number of carbonyl (C=O) groups is 1. The molecule has 2 heterocycles. The van der Waals surface area contributed by atoms with Crippen LogP contribution in [0.2, 0.25) is 0 Å². The first kappa shape index (κ1) is 15.5. The second-order valence-corrected chi connectivity index (χ2v) is 6.96. The molecule has 2 unspecified atom stereocenters. The van der Waals surface area contributed by atoms with Crippen LogP contribution in [0.1, 0.15) is 31.1 Å². The summed E-state index contributed by atoms with van der Waals surface area (Å²) in [7, 11) is 1.93. The molecular formula is C16H26N2OS. The van der Waals surface area contributed by atoms with E-state index in [-0.39, 0.29) is 0 Å². The molecule has 0 aromatic carbocycles. The first-order valence-electron chi connectivity index (χ1n) is 7.64. The van der Waals surface area contributed by atoms with Gasteiger partial charge in [0.2, 0.25) is 5.91 Å². The van der Waals surface area contributed by atoms with Crippen molar-refractivity contribution in [1.82, 2.24) is 10.2 Å². The van der Waals surface area contributed by atoms with Crippen molar-refractivity contribution in [2.45, 2.75) is 32.6 Å². The van der Waals surface area contributed by atoms with E-state index < -0.39 is 0 Å². The van der Waals surface area contributed by atoms with E-state index in [1.165, 1.54) is 17.7 Å². The van der Waals surface area contributed by atoms with E-state index in [1.807, 2.05) is 11.9 Å². The Morgan fingerprint density at radius 2 is 2.45 bits per heavy atom. The van der Waals surface area contributed by atoms with Crippen LogP contribution < -0.4 is 5.32 Å². The predicted molar refractivity (Wildman–Crippen MR) is 85.0 cm³/mol. The van der Waals surface area contributed by atoms with Crippen molar-refractivity contribution >= 4 is 17.2 Å². The summed E-state index contributed by atoms with van der Waals surface area (Å²) >= 11 is 1.77. The Morgan fingerprint density at radius 1 is 1.60 bits per heavy atom. The lowest BCUT2D eigenvalue weighted by Gasteiger charge is -2.29. The van der Waals surface area contributed by atoms with Crippen molar-refractivity contribution < 1.29 is 4.79 Å². The molecule has 1 aliphatic heterocycles. The summed E-state index contributed by atoms with van der Waals surface area (Å²) < 4.78 is 0. The molecule has 4 heteroatoms. The van der Waals surface area contributed by atoms with Crippen LogP contribution >= 0.6 is 11.3 Å². The van der Waals surface area contributed by atoms with Crippen LogP contribution in [0.25, 0.3) is 0 Å². The standard InChI is InChI=1S/C16H26N2OS/c1-13(14-5-3-8-17-12-14)11-16(19)18(2)9-7-15-6-4-10-20-15/h4,6,10,13-14,17H,3,5,7-9,11-12H2,1-2H3. The van der Waals surface area contributed by atoms with Crippen LogP contribution in [-0.2, 0) is 11.2 Å². The average Bonchev–Trinajstić information content (AvgIpc) is 2.98. The summed E-state index contributed by atoms with van der Waals surface area (Å²) in [5.74, 6) is 1.44. The predicted octanol–water partition coefficient (Wildman–Crippen LogP) is 2.77. The van der Waals surface area contributed by atoms with Crippen LogP contribution in [0.3, 0.4) is 0 Å². The van der Waals surface area contributed by atoms with Gasteiger partial charge in [-0.3, -0.25) is 4.79 Å². The quantitative estimate of drug-likeness (QED) is 0.875. The zero-order valence-corrected chi connectivity index (χ0v) is 13.4. The van der Waals surface area contributed by atoms with Crippen LogP contribution in [0, 0.1) is 11.8 Å². The number of carbonyl (C=O) groups excluding carboxylic acids is 1. The highest BCUT2D eigenvalue weighted by molar-refractivity contribution is 7.09. The highest BCUT2D eigenvalue weighted by Gasteiger charge is 2.23. The number of nitrogens with one attached hydrogen (secondary N) is 1. The molecule has 1 N–H and O–H groups in total. The summed E-state index contributed by atoms with van der Waals surface area (Å²) in [6, 6.07) is 4.21. The molecule has 0 saturated carbocycles. The molecule has 112 valence electrons. The molecule has 1 aromatic rings. The maximum absolute atomic E-state index is 12.3. The maximum Gasteiger partial charge on any atom is 0.222 e. The van der Waals surface area contributed by atoms with Gasteiger partial charge in [0.25, 0.3) is 0 Å². The Morgan fingerprint density at radius 3 is 3.10 bits per heavy atom. The zero-order valence-electron chi connectivity index (χ0n) is 12.6. The van der Waals surface area contributed by atoms with E-state index in [0.29, 0.717) is 24.2 Å². The maximum atomic E-state index is 12.3. The lowest BCUT2D eigenvalue weighted by Crippen LogP contribution is -2.36. The fraction of sp³-hybridized carbons (Fsp3) is 0.688. The normalized spacial score (nSPS) is 20.6. The first-order chi connectivity index (χ1) is 9.66. The largest absolute Gasteiger partial charge is 0.345 e. The van der Waals surface area contributed by atoms with E-state index in [2.05, 4.69) is 29.8 Å². The third-order valence-electron chi connectivity index (χ3n) is 4.34.